The maximum atomic E-state index is 9.19. The third-order valence-electron chi connectivity index (χ3n) is 18.4. The van der Waals surface area contributed by atoms with E-state index < -0.39 is 106 Å². The first kappa shape index (κ1) is 44.7. The summed E-state index contributed by atoms with van der Waals surface area (Å²) in [5.74, 6) is 0.823. The van der Waals surface area contributed by atoms with Gasteiger partial charge in [-0.15, -0.1) is 0 Å². The van der Waals surface area contributed by atoms with Crippen LogP contribution in [-0.4, -0.2) is 22.2 Å². The molecule has 0 bridgehead atoms. The van der Waals surface area contributed by atoms with Crippen LogP contribution in [0.4, 0.5) is 0 Å². The molecule has 0 amide bonds. The van der Waals surface area contributed by atoms with Crippen molar-refractivity contribution in [1.82, 2.24) is 14.1 Å². The number of nitrogens with zero attached hydrogens (tertiary/aromatic N) is 4. The number of para-hydroxylation sites is 3. The molecule has 12 aromatic carbocycles. The van der Waals surface area contributed by atoms with E-state index in [2.05, 4.69) is 172 Å². The van der Waals surface area contributed by atoms with Gasteiger partial charge in [-0.25, -0.2) is 4.98 Å². The van der Waals surface area contributed by atoms with E-state index in [4.69, 9.17) is 28.9 Å². The molecule has 0 aliphatic carbocycles. The van der Waals surface area contributed by atoms with Crippen LogP contribution >= 0.6 is 0 Å². The normalized spacial score (nSPS) is 15.0. The quantitative estimate of drug-likeness (QED) is 0.0499. The standard InChI is InChI=1S/C91H80N4OSi/c1-62-53-87(92-60-82(62)66-31-18-13-19-32-66)95-83-52-47-67(63-45-49-74(50-46-63)97(75-38-22-33-68(55-75)89(2,3)4,76-39-23-34-69(56-76)90(5,6)7)77-40-24-35-70(57-77)91(8,9)10)54-81(83)80-51-48-73(59-86(80)95)96-72-37-25-36-71(58-72)93-61-94(85-44-21-20-43-84(85)93)88-78(64-27-14-11-15-28-64)41-26-42-79(88)65-29-16-12-17-30-65/h11-60H,1-10H3/i1D3,11D,12D,13D,14D,15D,16D,17D,18D,19D,27D,28D,29D,30D,31D,32D. The highest BCUT2D eigenvalue weighted by molar-refractivity contribution is 7.20. The highest BCUT2D eigenvalue weighted by atomic mass is 28.3. The summed E-state index contributed by atoms with van der Waals surface area (Å²) in [7, 11) is -3.21. The van der Waals surface area contributed by atoms with Crippen LogP contribution in [0.3, 0.4) is 0 Å². The zero-order chi connectivity index (χ0) is 82.4. The van der Waals surface area contributed by atoms with Crippen LogP contribution in [0.25, 0.3) is 94.5 Å². The van der Waals surface area contributed by atoms with Crippen LogP contribution in [0.5, 0.6) is 11.5 Å². The van der Waals surface area contributed by atoms with Gasteiger partial charge >= 0.3 is 0 Å². The van der Waals surface area contributed by atoms with E-state index in [9.17, 15) is 5.48 Å². The van der Waals surface area contributed by atoms with E-state index in [0.717, 1.165) is 21.9 Å². The Morgan fingerprint density at radius 1 is 0.423 bits per heavy atom. The lowest BCUT2D eigenvalue weighted by atomic mass is 9.87. The summed E-state index contributed by atoms with van der Waals surface area (Å²) in [6.45, 7) is 17.4. The van der Waals surface area contributed by atoms with Crippen LogP contribution in [-0.2, 0) is 16.2 Å². The van der Waals surface area contributed by atoms with Crippen LogP contribution in [0.2, 0.25) is 0 Å². The molecule has 0 aliphatic heterocycles. The predicted molar refractivity (Wildman–Crippen MR) is 408 cm³/mol. The second-order valence-corrected chi connectivity index (χ2v) is 31.5. The lowest BCUT2D eigenvalue weighted by Crippen LogP contribution is -2.75. The molecule has 0 aliphatic rings. The summed E-state index contributed by atoms with van der Waals surface area (Å²) < 4.78 is 171. The average molecular weight is 1290 g/mol. The number of pyridine rings is 1. The minimum absolute atomic E-state index is 0.0874. The van der Waals surface area contributed by atoms with Gasteiger partial charge in [-0.2, -0.15) is 0 Å². The topological polar surface area (TPSA) is 35.9 Å². The van der Waals surface area contributed by atoms with Gasteiger partial charge < -0.3 is 4.74 Å². The smallest absolute Gasteiger partial charge is 0.269 e. The van der Waals surface area contributed by atoms with Crippen molar-refractivity contribution in [2.75, 3.05) is 0 Å². The Kier molecular flexibility index (Phi) is 11.4. The number of ether oxygens (including phenoxy) is 1. The fourth-order valence-corrected chi connectivity index (χ4v) is 18.2. The van der Waals surface area contributed by atoms with Crippen molar-refractivity contribution >= 4 is 61.7 Å². The Bertz CT molecular complexity index is 6210. The van der Waals surface area contributed by atoms with Gasteiger partial charge in [0.25, 0.3) is 6.33 Å². The molecule has 97 heavy (non-hydrogen) atoms. The fraction of sp³-hybridized carbons (Fsp3) is 0.143. The minimum Gasteiger partial charge on any atom is -0.458 e. The number of hydrogen-bond donors (Lipinski definition) is 0. The first-order valence-electron chi connectivity index (χ1n) is 41.4. The van der Waals surface area contributed by atoms with E-state index in [-0.39, 0.29) is 66.7 Å². The van der Waals surface area contributed by atoms with Crippen molar-refractivity contribution in [2.45, 2.75) is 85.4 Å². The molecule has 15 rings (SSSR count). The Balaban J connectivity index is 0.900. The Morgan fingerprint density at radius 3 is 1.52 bits per heavy atom. The molecular formula is C91H80N4OSi. The minimum atomic E-state index is -3.21. The number of imidazole rings is 1. The van der Waals surface area contributed by atoms with Gasteiger partial charge in [0.1, 0.15) is 17.3 Å². The summed E-state index contributed by atoms with van der Waals surface area (Å²) in [6, 6.07) is 59.8. The number of rotatable bonds is 13. The second-order valence-electron chi connectivity index (χ2n) is 27.7. The summed E-state index contributed by atoms with van der Waals surface area (Å²) in [5, 5.41) is 6.48. The van der Waals surface area contributed by atoms with Gasteiger partial charge in [0.2, 0.25) is 0 Å². The van der Waals surface area contributed by atoms with Crippen molar-refractivity contribution in [3.63, 3.8) is 0 Å². The monoisotopic (exact) mass is 1290 g/mol. The predicted octanol–water partition coefficient (Wildman–Crippen LogP) is 20.2. The van der Waals surface area contributed by atoms with Gasteiger partial charge in [0, 0.05) is 32.7 Å². The molecule has 474 valence electrons. The van der Waals surface area contributed by atoms with Crippen molar-refractivity contribution in [1.29, 1.82) is 0 Å². The molecule has 0 spiro atoms. The summed E-state index contributed by atoms with van der Waals surface area (Å²) >= 11 is 0. The average Bonchev–Trinajstić information content (AvgIpc) is 1.43. The zero-order valence-corrected chi connectivity index (χ0v) is 56.4. The van der Waals surface area contributed by atoms with Crippen molar-refractivity contribution in [3.8, 4) is 73.2 Å². The summed E-state index contributed by atoms with van der Waals surface area (Å²) in [5.41, 5.74) is 6.89. The van der Waals surface area contributed by atoms with E-state index in [1.807, 2.05) is 53.1 Å². The summed E-state index contributed by atoms with van der Waals surface area (Å²) in [6.07, 6.45) is 4.69. The molecule has 0 unspecified atom stereocenters. The van der Waals surface area contributed by atoms with Crippen molar-refractivity contribution in [3.05, 3.63) is 332 Å². The number of aryl methyl sites for hydroxylation is 1. The van der Waals surface area contributed by atoms with Gasteiger partial charge in [0.05, 0.1) is 54.0 Å². The number of benzene rings is 12. The molecule has 0 saturated heterocycles. The Labute approximate surface area is 597 Å². The van der Waals surface area contributed by atoms with E-state index in [0.29, 0.717) is 39.3 Å². The van der Waals surface area contributed by atoms with E-state index >= 15 is 0 Å². The molecule has 0 fully saturated rings. The first-order valence-corrected chi connectivity index (χ1v) is 34.4. The number of fused-ring (bicyclic) bond motifs is 4. The number of hydrogen-bond acceptors (Lipinski definition) is 2. The lowest BCUT2D eigenvalue weighted by molar-refractivity contribution is -0.571. The molecule has 0 atom stereocenters. The van der Waals surface area contributed by atoms with Gasteiger partial charge in [0.15, 0.2) is 8.07 Å². The van der Waals surface area contributed by atoms with Crippen LogP contribution < -0.4 is 30.1 Å². The van der Waals surface area contributed by atoms with Crippen LogP contribution in [0.15, 0.2) is 303 Å². The van der Waals surface area contributed by atoms with Gasteiger partial charge in [-0.1, -0.05) is 305 Å². The largest absolute Gasteiger partial charge is 0.458 e. The molecule has 5 nitrogen and oxygen atoms in total. The lowest BCUT2D eigenvalue weighted by Gasteiger charge is -2.37. The molecular weight excluding hydrogens is 1190 g/mol. The van der Waals surface area contributed by atoms with Crippen molar-refractivity contribution in [2.24, 2.45) is 0 Å². The van der Waals surface area contributed by atoms with E-state index in [1.165, 1.54) is 49.7 Å². The summed E-state index contributed by atoms with van der Waals surface area (Å²) in [4.78, 5) is 4.92. The fourth-order valence-electron chi connectivity index (χ4n) is 13.4. The van der Waals surface area contributed by atoms with E-state index in [1.54, 1.807) is 57.7 Å². The van der Waals surface area contributed by atoms with Crippen LogP contribution in [0.1, 0.15) is 109 Å². The Morgan fingerprint density at radius 2 is 0.948 bits per heavy atom. The van der Waals surface area contributed by atoms with Gasteiger partial charge in [-0.05, 0) is 154 Å². The molecule has 0 N–H and O–H groups in total. The third kappa shape index (κ3) is 11.6. The van der Waals surface area contributed by atoms with Crippen molar-refractivity contribution < 1.29 is 34.0 Å². The number of aromatic nitrogens is 4. The molecule has 15 aromatic rings. The molecule has 3 heterocycles. The molecule has 0 saturated carbocycles. The second kappa shape index (κ2) is 24.7. The molecule has 6 heteroatoms. The maximum Gasteiger partial charge on any atom is 0.269 e. The van der Waals surface area contributed by atoms with Crippen LogP contribution in [0, 0.1) is 13.2 Å². The first-order chi connectivity index (χ1) is 54.3. The Hall–Kier alpha value is -10.9. The highest BCUT2D eigenvalue weighted by Gasteiger charge is 2.43. The molecule has 3 aromatic heterocycles. The zero-order valence-electron chi connectivity index (χ0n) is 73.4. The third-order valence-corrected chi connectivity index (χ3v) is 23.2. The van der Waals surface area contributed by atoms with Gasteiger partial charge in [-0.3, -0.25) is 13.7 Å². The molecule has 0 radical (unpaired) electrons. The maximum absolute atomic E-state index is 9.19. The highest BCUT2D eigenvalue weighted by Crippen LogP contribution is 2.40. The SMILES string of the molecule is [2H]c1c([2H])c([2H])c(-c2cnc(-n3c4ccc(-c5ccc([Si](c6cccc(C(C)(C)C)c6)(c6cccc(C(C)(C)C)c6)c6cccc(C(C)(C)C)c6)cc5)cc4c4ccc(Oc5cccc(-n6[c-][n+](-c7c(-c8c([2H])c([2H])c([2H])c([2H])c8[2H])cccc7-c7c([2H])c([2H])c([2H])c([2H])c7[2H])c7ccccc76)c5)cc43)cc2C([2H])([2H])[2H])c([2H])c1[2H].